The maximum absolute atomic E-state index is 14.1. The van der Waals surface area contributed by atoms with Crippen molar-refractivity contribution in [3.05, 3.63) is 48.0 Å². The van der Waals surface area contributed by atoms with Crippen LogP contribution in [0, 0.1) is 18.7 Å². The summed E-state index contributed by atoms with van der Waals surface area (Å²) in [5.41, 5.74) is 1.02. The molecule has 2 amide bonds. The lowest BCUT2D eigenvalue weighted by Gasteiger charge is -2.19. The van der Waals surface area contributed by atoms with Crippen LogP contribution in [0.1, 0.15) is 18.9 Å². The SMILES string of the molecule is Cc1ccc(N2C[C@H](C(=O)N[C@H](C)Cn3cccn3)CC2=O)c(F)c1. The molecule has 1 N–H and O–H groups in total. The molecule has 1 aliphatic heterocycles. The van der Waals surface area contributed by atoms with Gasteiger partial charge in [0.1, 0.15) is 5.82 Å². The number of halogens is 1. The van der Waals surface area contributed by atoms with E-state index in [2.05, 4.69) is 10.4 Å². The van der Waals surface area contributed by atoms with Gasteiger partial charge in [0.25, 0.3) is 0 Å². The molecule has 1 fully saturated rings. The van der Waals surface area contributed by atoms with Gasteiger partial charge in [-0.2, -0.15) is 5.10 Å². The second kappa shape index (κ2) is 7.04. The van der Waals surface area contributed by atoms with E-state index in [1.165, 1.54) is 11.0 Å². The quantitative estimate of drug-likeness (QED) is 0.901. The molecule has 1 aromatic carbocycles. The predicted molar refractivity (Wildman–Crippen MR) is 91.4 cm³/mol. The van der Waals surface area contributed by atoms with Crippen molar-refractivity contribution in [1.29, 1.82) is 0 Å². The molecule has 6 nitrogen and oxygen atoms in total. The smallest absolute Gasteiger partial charge is 0.227 e. The number of amides is 2. The number of benzene rings is 1. The Hall–Kier alpha value is -2.70. The highest BCUT2D eigenvalue weighted by Crippen LogP contribution is 2.28. The van der Waals surface area contributed by atoms with E-state index in [4.69, 9.17) is 0 Å². The highest BCUT2D eigenvalue weighted by Gasteiger charge is 2.36. The maximum Gasteiger partial charge on any atom is 0.227 e. The zero-order chi connectivity index (χ0) is 18.0. The largest absolute Gasteiger partial charge is 0.351 e. The molecule has 2 aromatic rings. The first-order chi connectivity index (χ1) is 11.9. The van der Waals surface area contributed by atoms with E-state index < -0.39 is 11.7 Å². The summed E-state index contributed by atoms with van der Waals surface area (Å²) in [4.78, 5) is 26.0. The molecule has 1 aromatic heterocycles. The molecule has 0 aliphatic carbocycles. The third kappa shape index (κ3) is 3.87. The van der Waals surface area contributed by atoms with Crippen LogP contribution in [0.2, 0.25) is 0 Å². The van der Waals surface area contributed by atoms with Gasteiger partial charge in [-0.25, -0.2) is 4.39 Å². The van der Waals surface area contributed by atoms with Crippen molar-refractivity contribution in [3.63, 3.8) is 0 Å². The normalized spacial score (nSPS) is 18.4. The molecule has 1 saturated heterocycles. The van der Waals surface area contributed by atoms with Crippen LogP contribution in [0.3, 0.4) is 0 Å². The number of nitrogens with one attached hydrogen (secondary N) is 1. The monoisotopic (exact) mass is 344 g/mol. The Morgan fingerprint density at radius 2 is 2.28 bits per heavy atom. The fourth-order valence-electron chi connectivity index (χ4n) is 3.04. The molecule has 0 saturated carbocycles. The van der Waals surface area contributed by atoms with Crippen LogP contribution >= 0.6 is 0 Å². The van der Waals surface area contributed by atoms with Crippen LogP contribution in [-0.4, -0.2) is 34.2 Å². The number of hydrogen-bond acceptors (Lipinski definition) is 3. The lowest BCUT2D eigenvalue weighted by Crippen LogP contribution is -2.40. The van der Waals surface area contributed by atoms with E-state index >= 15 is 0 Å². The van der Waals surface area contributed by atoms with Gasteiger partial charge in [0.05, 0.1) is 18.2 Å². The van der Waals surface area contributed by atoms with Gasteiger partial charge in [-0.1, -0.05) is 6.07 Å². The van der Waals surface area contributed by atoms with Crippen molar-refractivity contribution < 1.29 is 14.0 Å². The van der Waals surface area contributed by atoms with Gasteiger partial charge < -0.3 is 10.2 Å². The lowest BCUT2D eigenvalue weighted by atomic mass is 10.1. The molecular formula is C18H21FN4O2. The highest BCUT2D eigenvalue weighted by molar-refractivity contribution is 6.00. The lowest BCUT2D eigenvalue weighted by molar-refractivity contribution is -0.126. The van der Waals surface area contributed by atoms with Crippen LogP contribution in [0.15, 0.2) is 36.7 Å². The maximum atomic E-state index is 14.1. The zero-order valence-corrected chi connectivity index (χ0v) is 14.3. The Morgan fingerprint density at radius 1 is 1.48 bits per heavy atom. The first-order valence-corrected chi connectivity index (χ1v) is 8.28. The minimum atomic E-state index is -0.478. The van der Waals surface area contributed by atoms with E-state index in [9.17, 15) is 14.0 Å². The summed E-state index contributed by atoms with van der Waals surface area (Å²) in [5.74, 6) is -1.35. The molecule has 0 spiro atoms. The average molecular weight is 344 g/mol. The van der Waals surface area contributed by atoms with E-state index in [-0.39, 0.29) is 36.5 Å². The molecule has 132 valence electrons. The molecule has 0 bridgehead atoms. The fraction of sp³-hybridized carbons (Fsp3) is 0.389. The van der Waals surface area contributed by atoms with E-state index in [1.807, 2.05) is 19.2 Å². The number of carbonyl (C=O) groups is 2. The number of nitrogens with zero attached hydrogens (tertiary/aromatic N) is 3. The topological polar surface area (TPSA) is 67.2 Å². The zero-order valence-electron chi connectivity index (χ0n) is 14.3. The summed E-state index contributed by atoms with van der Waals surface area (Å²) in [6, 6.07) is 6.43. The summed E-state index contributed by atoms with van der Waals surface area (Å²) in [7, 11) is 0. The van der Waals surface area contributed by atoms with Crippen molar-refractivity contribution in [3.8, 4) is 0 Å². The van der Waals surface area contributed by atoms with Gasteiger partial charge in [0.15, 0.2) is 0 Å². The van der Waals surface area contributed by atoms with Crippen LogP contribution in [0.25, 0.3) is 0 Å². The summed E-state index contributed by atoms with van der Waals surface area (Å²) in [6.45, 7) is 4.42. The third-order valence-electron chi connectivity index (χ3n) is 4.30. The molecule has 0 radical (unpaired) electrons. The second-order valence-electron chi connectivity index (χ2n) is 6.50. The van der Waals surface area contributed by atoms with E-state index in [0.717, 1.165) is 5.56 Å². The average Bonchev–Trinajstić information content (AvgIpc) is 3.17. The van der Waals surface area contributed by atoms with Crippen molar-refractivity contribution >= 4 is 17.5 Å². The van der Waals surface area contributed by atoms with E-state index in [0.29, 0.717) is 6.54 Å². The molecular weight excluding hydrogens is 323 g/mol. The van der Waals surface area contributed by atoms with Gasteiger partial charge in [-0.05, 0) is 37.6 Å². The molecule has 0 unspecified atom stereocenters. The van der Waals surface area contributed by atoms with Gasteiger partial charge in [0.2, 0.25) is 11.8 Å². The first kappa shape index (κ1) is 17.1. The van der Waals surface area contributed by atoms with Gasteiger partial charge in [-0.15, -0.1) is 0 Å². The molecule has 25 heavy (non-hydrogen) atoms. The highest BCUT2D eigenvalue weighted by atomic mass is 19.1. The Balaban J connectivity index is 1.62. The van der Waals surface area contributed by atoms with Crippen LogP contribution in [0.4, 0.5) is 10.1 Å². The van der Waals surface area contributed by atoms with Crippen LogP contribution in [-0.2, 0) is 16.1 Å². The summed E-state index contributed by atoms with van der Waals surface area (Å²) in [5, 5.41) is 7.01. The Kier molecular flexibility index (Phi) is 4.83. The number of anilines is 1. The van der Waals surface area contributed by atoms with Crippen LogP contribution in [0.5, 0.6) is 0 Å². The minimum absolute atomic E-state index is 0.0909. The first-order valence-electron chi connectivity index (χ1n) is 8.28. The Morgan fingerprint density at radius 3 is 2.96 bits per heavy atom. The second-order valence-corrected chi connectivity index (χ2v) is 6.50. The van der Waals surface area contributed by atoms with Crippen molar-refractivity contribution in [2.24, 2.45) is 5.92 Å². The molecule has 2 atom stereocenters. The number of hydrogen-bond donors (Lipinski definition) is 1. The van der Waals surface area contributed by atoms with Crippen LogP contribution < -0.4 is 10.2 Å². The summed E-state index contributed by atoms with van der Waals surface area (Å²) >= 11 is 0. The van der Waals surface area contributed by atoms with Gasteiger partial charge in [0, 0.05) is 31.4 Å². The number of aryl methyl sites for hydroxylation is 1. The molecule has 1 aliphatic rings. The summed E-state index contributed by atoms with van der Waals surface area (Å²) in [6.07, 6.45) is 3.59. The van der Waals surface area contributed by atoms with Crippen molar-refractivity contribution in [1.82, 2.24) is 15.1 Å². The molecule has 3 rings (SSSR count). The van der Waals surface area contributed by atoms with E-state index in [1.54, 1.807) is 29.9 Å². The number of rotatable bonds is 5. The standard InChI is InChI=1S/C18H21FN4O2/c1-12-4-5-16(15(19)8-12)23-11-14(9-17(23)24)18(25)21-13(2)10-22-7-3-6-20-22/h3-8,13-14H,9-11H2,1-2H3,(H,21,25)/t13-,14-/m1/s1. The van der Waals surface area contributed by atoms with Crippen molar-refractivity contribution in [2.45, 2.75) is 32.9 Å². The van der Waals surface area contributed by atoms with Crippen molar-refractivity contribution in [2.75, 3.05) is 11.4 Å². The Bertz CT molecular complexity index is 775. The molecule has 7 heteroatoms. The van der Waals surface area contributed by atoms with Gasteiger partial charge >= 0.3 is 0 Å². The molecule has 2 heterocycles. The van der Waals surface area contributed by atoms with Gasteiger partial charge in [-0.3, -0.25) is 14.3 Å². The minimum Gasteiger partial charge on any atom is -0.351 e. The Labute approximate surface area is 145 Å². The third-order valence-corrected chi connectivity index (χ3v) is 4.30. The number of carbonyl (C=O) groups excluding carboxylic acids is 2. The summed E-state index contributed by atoms with van der Waals surface area (Å²) < 4.78 is 15.9. The number of aromatic nitrogens is 2. The fourth-order valence-corrected chi connectivity index (χ4v) is 3.04. The predicted octanol–water partition coefficient (Wildman–Crippen LogP) is 1.89.